The van der Waals surface area contributed by atoms with Crippen LogP contribution in [-0.2, 0) is 0 Å². The number of piperazine rings is 1. The second-order valence-electron chi connectivity index (χ2n) is 6.22. The Kier molecular flexibility index (Phi) is 5.64. The van der Waals surface area contributed by atoms with Gasteiger partial charge in [0.1, 0.15) is 12.4 Å². The molecule has 3 rings (SSSR count). The summed E-state index contributed by atoms with van der Waals surface area (Å²) < 4.78 is 11.0. The van der Waals surface area contributed by atoms with Crippen LogP contribution in [-0.4, -0.2) is 59.3 Å². The van der Waals surface area contributed by atoms with Crippen LogP contribution in [0.2, 0.25) is 0 Å². The number of aromatic nitrogens is 2. The van der Waals surface area contributed by atoms with Gasteiger partial charge in [0.05, 0.1) is 17.7 Å². The highest BCUT2D eigenvalue weighted by atomic mass is 16.5. The van der Waals surface area contributed by atoms with Gasteiger partial charge in [0.2, 0.25) is 5.89 Å². The Balaban J connectivity index is 1.39. The lowest BCUT2D eigenvalue weighted by Gasteiger charge is -2.36. The van der Waals surface area contributed by atoms with E-state index in [4.69, 9.17) is 14.5 Å². The normalized spacial score (nSPS) is 17.2. The zero-order chi connectivity index (χ0) is 17.6. The highest BCUT2D eigenvalue weighted by molar-refractivity contribution is 5.34. The first-order valence-electron chi connectivity index (χ1n) is 8.55. The van der Waals surface area contributed by atoms with Gasteiger partial charge in [0.25, 0.3) is 0 Å². The molecule has 0 amide bonds. The van der Waals surface area contributed by atoms with E-state index in [-0.39, 0.29) is 6.04 Å². The van der Waals surface area contributed by atoms with E-state index in [1.165, 1.54) is 0 Å². The minimum atomic E-state index is 0.151. The zero-order valence-electron chi connectivity index (χ0n) is 14.7. The maximum atomic E-state index is 8.79. The maximum absolute atomic E-state index is 8.79. The molecule has 2 aromatic rings. The van der Waals surface area contributed by atoms with Gasteiger partial charge in [-0.25, -0.2) is 0 Å². The quantitative estimate of drug-likeness (QED) is 0.795. The van der Waals surface area contributed by atoms with Crippen LogP contribution >= 0.6 is 0 Å². The predicted molar refractivity (Wildman–Crippen MR) is 92.1 cm³/mol. The Hall–Kier alpha value is -2.43. The molecule has 0 N–H and O–H groups in total. The average Bonchev–Trinajstić information content (AvgIpc) is 3.09. The van der Waals surface area contributed by atoms with Gasteiger partial charge in [-0.3, -0.25) is 9.80 Å². The number of hydrogen-bond acceptors (Lipinski definition) is 7. The molecular weight excluding hydrogens is 318 g/mol. The molecule has 2 heterocycles. The monoisotopic (exact) mass is 341 g/mol. The van der Waals surface area contributed by atoms with Gasteiger partial charge in [-0.1, -0.05) is 5.16 Å². The van der Waals surface area contributed by atoms with Crippen molar-refractivity contribution in [2.24, 2.45) is 0 Å². The minimum absolute atomic E-state index is 0.151. The molecule has 0 spiro atoms. The minimum Gasteiger partial charge on any atom is -0.492 e. The van der Waals surface area contributed by atoms with Crippen LogP contribution in [0.15, 0.2) is 28.8 Å². The molecule has 0 bridgehead atoms. The van der Waals surface area contributed by atoms with Crippen LogP contribution in [0.1, 0.15) is 30.2 Å². The van der Waals surface area contributed by atoms with Crippen molar-refractivity contribution in [1.82, 2.24) is 19.9 Å². The van der Waals surface area contributed by atoms with Crippen molar-refractivity contribution < 1.29 is 9.26 Å². The first-order chi connectivity index (χ1) is 12.2. The lowest BCUT2D eigenvalue weighted by Crippen LogP contribution is -2.48. The molecule has 1 aromatic heterocycles. The fraction of sp³-hybridized carbons (Fsp3) is 0.500. The van der Waals surface area contributed by atoms with Gasteiger partial charge in [-0.15, -0.1) is 0 Å². The van der Waals surface area contributed by atoms with Crippen molar-refractivity contribution in [2.75, 3.05) is 39.3 Å². The van der Waals surface area contributed by atoms with Crippen LogP contribution in [0.5, 0.6) is 5.75 Å². The fourth-order valence-corrected chi connectivity index (χ4v) is 2.93. The Bertz CT molecular complexity index is 714. The Morgan fingerprint density at radius 3 is 2.56 bits per heavy atom. The van der Waals surface area contributed by atoms with E-state index in [9.17, 15) is 0 Å². The number of benzene rings is 1. The van der Waals surface area contributed by atoms with E-state index in [0.717, 1.165) is 38.5 Å². The molecule has 1 aliphatic heterocycles. The van der Waals surface area contributed by atoms with E-state index in [1.807, 2.05) is 19.1 Å². The summed E-state index contributed by atoms with van der Waals surface area (Å²) in [5.74, 6) is 2.17. The van der Waals surface area contributed by atoms with Gasteiger partial charge in [0, 0.05) is 32.7 Å². The van der Waals surface area contributed by atoms with E-state index < -0.39 is 0 Å². The molecule has 0 radical (unpaired) electrons. The van der Waals surface area contributed by atoms with Crippen molar-refractivity contribution in [1.29, 1.82) is 5.26 Å². The van der Waals surface area contributed by atoms with Crippen LogP contribution in [0, 0.1) is 18.3 Å². The number of aryl methyl sites for hydroxylation is 1. The van der Waals surface area contributed by atoms with E-state index in [1.54, 1.807) is 12.1 Å². The summed E-state index contributed by atoms with van der Waals surface area (Å²) in [6.07, 6.45) is 0. The molecule has 25 heavy (non-hydrogen) atoms. The lowest BCUT2D eigenvalue weighted by atomic mass is 10.2. The number of rotatable bonds is 6. The molecule has 1 saturated heterocycles. The van der Waals surface area contributed by atoms with Crippen molar-refractivity contribution in [3.05, 3.63) is 41.5 Å². The summed E-state index contributed by atoms with van der Waals surface area (Å²) in [5, 5.41) is 12.7. The summed E-state index contributed by atoms with van der Waals surface area (Å²) in [6, 6.07) is 9.48. The summed E-state index contributed by atoms with van der Waals surface area (Å²) in [5.41, 5.74) is 0.647. The first kappa shape index (κ1) is 17.4. The summed E-state index contributed by atoms with van der Waals surface area (Å²) in [4.78, 5) is 9.09. The third-order valence-corrected chi connectivity index (χ3v) is 4.51. The molecule has 0 aliphatic carbocycles. The topological polar surface area (TPSA) is 78.4 Å². The second-order valence-corrected chi connectivity index (χ2v) is 6.22. The number of ether oxygens (including phenoxy) is 1. The van der Waals surface area contributed by atoms with Crippen LogP contribution in [0.4, 0.5) is 0 Å². The van der Waals surface area contributed by atoms with Crippen molar-refractivity contribution >= 4 is 0 Å². The second kappa shape index (κ2) is 8.10. The van der Waals surface area contributed by atoms with E-state index in [2.05, 4.69) is 32.9 Å². The van der Waals surface area contributed by atoms with Gasteiger partial charge < -0.3 is 9.26 Å². The van der Waals surface area contributed by atoms with Gasteiger partial charge in [-0.2, -0.15) is 10.2 Å². The molecule has 1 aliphatic rings. The molecular formula is C18H23N5O2. The molecule has 7 heteroatoms. The third-order valence-electron chi connectivity index (χ3n) is 4.51. The summed E-state index contributed by atoms with van der Waals surface area (Å²) >= 11 is 0. The SMILES string of the molecule is Cc1noc([C@@H](C)N2CCN(CCOc3ccc(C#N)cc3)CC2)n1. The Labute approximate surface area is 147 Å². The molecule has 1 atom stereocenters. The van der Waals surface area contributed by atoms with Crippen LogP contribution in [0.25, 0.3) is 0 Å². The fourth-order valence-electron chi connectivity index (χ4n) is 2.93. The van der Waals surface area contributed by atoms with Crippen molar-refractivity contribution in [2.45, 2.75) is 19.9 Å². The number of nitrogens with zero attached hydrogens (tertiary/aromatic N) is 5. The Morgan fingerprint density at radius 1 is 1.24 bits per heavy atom. The van der Waals surface area contributed by atoms with Crippen LogP contribution < -0.4 is 4.74 Å². The standard InChI is InChI=1S/C18H23N5O2/c1-14(18-20-15(2)21-25-18)23-9-7-22(8-10-23)11-12-24-17-5-3-16(13-19)4-6-17/h3-6,14H,7-12H2,1-2H3/t14-/m1/s1. The third kappa shape index (κ3) is 4.56. The highest BCUT2D eigenvalue weighted by Crippen LogP contribution is 2.20. The van der Waals surface area contributed by atoms with Gasteiger partial charge in [-0.05, 0) is 38.1 Å². The first-order valence-corrected chi connectivity index (χ1v) is 8.55. The maximum Gasteiger partial charge on any atom is 0.243 e. The zero-order valence-corrected chi connectivity index (χ0v) is 14.7. The molecule has 132 valence electrons. The molecule has 1 aromatic carbocycles. The highest BCUT2D eigenvalue weighted by Gasteiger charge is 2.25. The van der Waals surface area contributed by atoms with E-state index in [0.29, 0.717) is 23.9 Å². The molecule has 1 fully saturated rings. The average molecular weight is 341 g/mol. The summed E-state index contributed by atoms with van der Waals surface area (Å²) in [7, 11) is 0. The number of hydrogen-bond donors (Lipinski definition) is 0. The van der Waals surface area contributed by atoms with Gasteiger partial charge >= 0.3 is 0 Å². The predicted octanol–water partition coefficient (Wildman–Crippen LogP) is 2.01. The lowest BCUT2D eigenvalue weighted by molar-refractivity contribution is 0.0800. The Morgan fingerprint density at radius 2 is 1.96 bits per heavy atom. The smallest absolute Gasteiger partial charge is 0.243 e. The van der Waals surface area contributed by atoms with Crippen molar-refractivity contribution in [3.63, 3.8) is 0 Å². The largest absolute Gasteiger partial charge is 0.492 e. The van der Waals surface area contributed by atoms with Crippen molar-refractivity contribution in [3.8, 4) is 11.8 Å². The number of nitriles is 1. The summed E-state index contributed by atoms with van der Waals surface area (Å²) in [6.45, 7) is 9.41. The molecule has 0 unspecified atom stereocenters. The molecule has 7 nitrogen and oxygen atoms in total. The van der Waals surface area contributed by atoms with Gasteiger partial charge in [0.15, 0.2) is 5.82 Å². The van der Waals surface area contributed by atoms with E-state index >= 15 is 0 Å². The van der Waals surface area contributed by atoms with Crippen LogP contribution in [0.3, 0.4) is 0 Å². The molecule has 0 saturated carbocycles.